The molecule has 2 N–H and O–H groups in total. The average molecular weight is 507 g/mol. The van der Waals surface area contributed by atoms with Crippen LogP contribution in [-0.2, 0) is 16.0 Å². The number of anilines is 1. The van der Waals surface area contributed by atoms with Gasteiger partial charge in [0.25, 0.3) is 5.91 Å². The highest BCUT2D eigenvalue weighted by Crippen LogP contribution is 2.44. The number of amides is 1. The van der Waals surface area contributed by atoms with E-state index in [0.29, 0.717) is 30.3 Å². The van der Waals surface area contributed by atoms with E-state index in [9.17, 15) is 58.2 Å². The summed E-state index contributed by atoms with van der Waals surface area (Å²) >= 11 is 0. The van der Waals surface area contributed by atoms with E-state index in [0.717, 1.165) is 12.1 Å². The van der Waals surface area contributed by atoms with Crippen LogP contribution in [0.25, 0.3) is 0 Å². The largest absolute Gasteiger partial charge is 0.534 e. The van der Waals surface area contributed by atoms with Crippen LogP contribution in [0.15, 0.2) is 42.5 Å². The van der Waals surface area contributed by atoms with E-state index in [4.69, 9.17) is 0 Å². The molecule has 33 heavy (non-hydrogen) atoms. The van der Waals surface area contributed by atoms with Crippen molar-refractivity contribution in [1.82, 2.24) is 0 Å². The van der Waals surface area contributed by atoms with Crippen molar-refractivity contribution in [1.29, 1.82) is 0 Å². The van der Waals surface area contributed by atoms with Gasteiger partial charge in [0.2, 0.25) is 0 Å². The quantitative estimate of drug-likeness (QED) is 0.338. The molecule has 7 nitrogen and oxygen atoms in total. The maximum atomic E-state index is 13.3. The lowest BCUT2D eigenvalue weighted by molar-refractivity contribution is -0.289. The summed E-state index contributed by atoms with van der Waals surface area (Å²) in [5.74, 6) is -10.00. The second-order valence-corrected chi connectivity index (χ2v) is 7.61. The zero-order chi connectivity index (χ0) is 25.4. The van der Waals surface area contributed by atoms with Gasteiger partial charge >= 0.3 is 33.7 Å². The van der Waals surface area contributed by atoms with Crippen LogP contribution in [-0.4, -0.2) is 37.1 Å². The molecule has 0 saturated carbocycles. The molecular weight excluding hydrogens is 498 g/mol. The molecule has 16 heteroatoms. The molecule has 0 aliphatic carbocycles. The van der Waals surface area contributed by atoms with E-state index in [-0.39, 0.29) is 0 Å². The van der Waals surface area contributed by atoms with E-state index in [2.05, 4.69) is 4.18 Å². The summed E-state index contributed by atoms with van der Waals surface area (Å²) in [6, 6.07) is 3.99. The number of carboxylic acids is 1. The monoisotopic (exact) mass is 507 g/mol. The van der Waals surface area contributed by atoms with Crippen LogP contribution >= 0.6 is 0 Å². The molecule has 0 radical (unpaired) electrons. The Morgan fingerprint density at radius 3 is 1.88 bits per heavy atom. The van der Waals surface area contributed by atoms with Gasteiger partial charge in [0, 0.05) is 11.3 Å². The lowest BCUT2D eigenvalue weighted by atomic mass is 10.0. The van der Waals surface area contributed by atoms with E-state index in [1.165, 1.54) is 0 Å². The van der Waals surface area contributed by atoms with Gasteiger partial charge in [0.15, 0.2) is 5.75 Å². The number of rotatable bonds is 6. The SMILES string of the molecule is O=C(Nc1ccc(C(F)(F)C(F)(F)F)cc1)c1cccc(OS(=O)(=O)C(F)(F)F)c1C(=O)O. The van der Waals surface area contributed by atoms with Crippen LogP contribution in [0, 0.1) is 0 Å². The van der Waals surface area contributed by atoms with Gasteiger partial charge in [-0.15, -0.1) is 0 Å². The molecule has 0 fully saturated rings. The Morgan fingerprint density at radius 1 is 0.879 bits per heavy atom. The number of carboxylic acid groups (broad SMARTS) is 1. The van der Waals surface area contributed by atoms with E-state index < -0.39 is 67.7 Å². The molecule has 0 atom stereocenters. The van der Waals surface area contributed by atoms with Gasteiger partial charge in [-0.05, 0) is 24.3 Å². The second-order valence-electron chi connectivity index (χ2n) is 6.07. The van der Waals surface area contributed by atoms with Gasteiger partial charge in [0.05, 0.1) is 5.56 Å². The van der Waals surface area contributed by atoms with Gasteiger partial charge in [-0.1, -0.05) is 18.2 Å². The van der Waals surface area contributed by atoms with Crippen LogP contribution in [0.1, 0.15) is 26.3 Å². The topological polar surface area (TPSA) is 110 Å². The van der Waals surface area contributed by atoms with Crippen LogP contribution in [0.2, 0.25) is 0 Å². The lowest BCUT2D eigenvalue weighted by Crippen LogP contribution is -2.33. The summed E-state index contributed by atoms with van der Waals surface area (Å²) in [7, 11) is -6.30. The first-order chi connectivity index (χ1) is 14.9. The molecule has 0 aliphatic heterocycles. The van der Waals surface area contributed by atoms with Crippen molar-refractivity contribution in [3.05, 3.63) is 59.2 Å². The Balaban J connectivity index is 2.38. The summed E-state index contributed by atoms with van der Waals surface area (Å²) in [6.07, 6.45) is -5.90. The molecule has 2 aromatic rings. The van der Waals surface area contributed by atoms with Crippen molar-refractivity contribution in [2.75, 3.05) is 5.32 Å². The molecule has 0 aliphatic rings. The summed E-state index contributed by atoms with van der Waals surface area (Å²) in [4.78, 5) is 23.8. The number of nitrogens with one attached hydrogen (secondary N) is 1. The summed E-state index contributed by atoms with van der Waals surface area (Å²) in [5, 5.41) is 11.2. The minimum absolute atomic E-state index is 0.330. The second kappa shape index (κ2) is 8.49. The minimum atomic E-state index is -6.30. The van der Waals surface area contributed by atoms with Crippen molar-refractivity contribution in [2.24, 2.45) is 0 Å². The number of halogens is 8. The van der Waals surface area contributed by atoms with Gasteiger partial charge < -0.3 is 14.6 Å². The van der Waals surface area contributed by atoms with Gasteiger partial charge in [-0.25, -0.2) is 4.79 Å². The molecule has 0 heterocycles. The Morgan fingerprint density at radius 2 is 1.42 bits per heavy atom. The number of carbonyl (C=O) groups excluding carboxylic acids is 1. The minimum Gasteiger partial charge on any atom is -0.478 e. The highest BCUT2D eigenvalue weighted by Gasteiger charge is 2.58. The van der Waals surface area contributed by atoms with Crippen molar-refractivity contribution < 1.29 is 62.4 Å². The molecule has 0 bridgehead atoms. The maximum absolute atomic E-state index is 13.3. The Labute approximate surface area is 178 Å². The van der Waals surface area contributed by atoms with Crippen LogP contribution in [0.4, 0.5) is 40.8 Å². The number of hydrogen-bond donors (Lipinski definition) is 2. The van der Waals surface area contributed by atoms with E-state index in [1.807, 2.05) is 5.32 Å². The first-order valence-corrected chi connectivity index (χ1v) is 9.53. The molecule has 0 saturated heterocycles. The zero-order valence-electron chi connectivity index (χ0n) is 15.5. The van der Waals surface area contributed by atoms with Crippen LogP contribution in [0.5, 0.6) is 5.75 Å². The molecule has 0 spiro atoms. The van der Waals surface area contributed by atoms with Crippen molar-refractivity contribution in [3.8, 4) is 5.75 Å². The molecule has 1 amide bonds. The fraction of sp³-hybridized carbons (Fsp3) is 0.176. The smallest absolute Gasteiger partial charge is 0.478 e. The van der Waals surface area contributed by atoms with Gasteiger partial charge in [-0.2, -0.15) is 43.5 Å². The highest BCUT2D eigenvalue weighted by atomic mass is 32.2. The summed E-state index contributed by atoms with van der Waals surface area (Å²) in [5.41, 5.74) is -9.97. The number of benzene rings is 2. The highest BCUT2D eigenvalue weighted by molar-refractivity contribution is 7.88. The number of alkyl halides is 8. The van der Waals surface area contributed by atoms with Crippen molar-refractivity contribution in [3.63, 3.8) is 0 Å². The first-order valence-electron chi connectivity index (χ1n) is 8.12. The fourth-order valence-corrected chi connectivity index (χ4v) is 2.77. The predicted octanol–water partition coefficient (Wildman–Crippen LogP) is 4.52. The molecule has 2 rings (SSSR count). The van der Waals surface area contributed by atoms with Crippen LogP contribution < -0.4 is 9.50 Å². The first kappa shape index (κ1) is 25.8. The maximum Gasteiger partial charge on any atom is 0.534 e. The Hall–Kier alpha value is -3.43. The van der Waals surface area contributed by atoms with Crippen LogP contribution in [0.3, 0.4) is 0 Å². The van der Waals surface area contributed by atoms with E-state index in [1.54, 1.807) is 0 Å². The average Bonchev–Trinajstić information content (AvgIpc) is 2.66. The normalized spacial score (nSPS) is 12.8. The van der Waals surface area contributed by atoms with Gasteiger partial charge in [-0.3, -0.25) is 4.79 Å². The Kier molecular flexibility index (Phi) is 6.65. The number of hydrogen-bond acceptors (Lipinski definition) is 5. The molecule has 2 aromatic carbocycles. The standard InChI is InChI=1S/C17H9F8NO6S/c18-15(19,16(20,21)22)8-4-6-9(7-5-8)26-13(27)10-2-1-3-11(12(10)14(28)29)32-33(30,31)17(23,24)25/h1-7H,(H,26,27)(H,28,29). The number of carbonyl (C=O) groups is 2. The third kappa shape index (κ3) is 5.32. The molecule has 0 aromatic heterocycles. The third-order valence-corrected chi connectivity index (χ3v) is 4.79. The predicted molar refractivity (Wildman–Crippen MR) is 93.3 cm³/mol. The van der Waals surface area contributed by atoms with Crippen molar-refractivity contribution >= 4 is 27.7 Å². The lowest BCUT2D eigenvalue weighted by Gasteiger charge is -2.20. The molecule has 180 valence electrons. The van der Waals surface area contributed by atoms with Gasteiger partial charge in [0.1, 0.15) is 5.56 Å². The number of aromatic carboxylic acids is 1. The fourth-order valence-electron chi connectivity index (χ4n) is 2.30. The summed E-state index contributed by atoms with van der Waals surface area (Å²) < 4.78 is 128. The van der Waals surface area contributed by atoms with Crippen molar-refractivity contribution in [2.45, 2.75) is 17.6 Å². The Bertz CT molecular complexity index is 1170. The third-order valence-electron chi connectivity index (χ3n) is 3.83. The molecular formula is C17H9F8NO6S. The summed E-state index contributed by atoms with van der Waals surface area (Å²) in [6.45, 7) is 0. The zero-order valence-corrected chi connectivity index (χ0v) is 16.3. The molecule has 0 unspecified atom stereocenters. The van der Waals surface area contributed by atoms with E-state index >= 15 is 0 Å².